The van der Waals surface area contributed by atoms with Crippen molar-refractivity contribution in [1.82, 2.24) is 0 Å². The van der Waals surface area contributed by atoms with E-state index in [-0.39, 0.29) is 5.92 Å². The number of carbonyl (C=O) groups is 1. The Hall–Kier alpha value is -1.83. The van der Waals surface area contributed by atoms with E-state index in [4.69, 9.17) is 5.11 Å². The van der Waals surface area contributed by atoms with Crippen LogP contribution in [0.3, 0.4) is 0 Å². The fourth-order valence-electron chi connectivity index (χ4n) is 2.57. The average molecular weight is 242 g/mol. The van der Waals surface area contributed by atoms with Gasteiger partial charge in [-0.05, 0) is 37.2 Å². The van der Waals surface area contributed by atoms with Gasteiger partial charge in [-0.1, -0.05) is 48.1 Å². The maximum Gasteiger partial charge on any atom is 0.327 e. The van der Waals surface area contributed by atoms with Crippen molar-refractivity contribution in [2.45, 2.75) is 25.7 Å². The number of aliphatic carboxylic acids is 1. The van der Waals surface area contributed by atoms with Crippen molar-refractivity contribution in [2.24, 2.45) is 5.92 Å². The molecule has 2 nitrogen and oxygen atoms in total. The largest absolute Gasteiger partial charge is 0.478 e. The molecular formula is C16H18O2. The quantitative estimate of drug-likeness (QED) is 0.647. The second-order valence-electron chi connectivity index (χ2n) is 4.87. The van der Waals surface area contributed by atoms with Gasteiger partial charge in [-0.2, -0.15) is 0 Å². The molecule has 0 amide bonds. The van der Waals surface area contributed by atoms with Gasteiger partial charge < -0.3 is 5.11 Å². The number of hydrogen-bond acceptors (Lipinski definition) is 1. The summed E-state index contributed by atoms with van der Waals surface area (Å²) in [5, 5.41) is 8.75. The number of carboxylic acids is 1. The van der Waals surface area contributed by atoms with Crippen molar-refractivity contribution >= 4 is 5.97 Å². The van der Waals surface area contributed by atoms with Crippen LogP contribution in [-0.4, -0.2) is 11.1 Å². The van der Waals surface area contributed by atoms with Crippen LogP contribution in [0.1, 0.15) is 31.2 Å². The molecule has 0 saturated heterocycles. The third kappa shape index (κ3) is 3.10. The first-order valence-corrected chi connectivity index (χ1v) is 6.28. The molecule has 0 fully saturated rings. The van der Waals surface area contributed by atoms with Gasteiger partial charge >= 0.3 is 5.97 Å². The van der Waals surface area contributed by atoms with E-state index in [0.29, 0.717) is 5.92 Å². The Kier molecular flexibility index (Phi) is 3.98. The zero-order valence-corrected chi connectivity index (χ0v) is 10.5. The highest BCUT2D eigenvalue weighted by atomic mass is 16.4. The summed E-state index contributed by atoms with van der Waals surface area (Å²) in [7, 11) is 0. The van der Waals surface area contributed by atoms with Crippen LogP contribution < -0.4 is 0 Å². The second kappa shape index (κ2) is 5.67. The van der Waals surface area contributed by atoms with E-state index >= 15 is 0 Å². The van der Waals surface area contributed by atoms with E-state index in [2.05, 4.69) is 25.1 Å². The Morgan fingerprint density at radius 2 is 2.06 bits per heavy atom. The number of benzene rings is 1. The minimum Gasteiger partial charge on any atom is -0.478 e. The Bertz CT molecular complexity index is 471. The third-order valence-electron chi connectivity index (χ3n) is 3.51. The van der Waals surface area contributed by atoms with E-state index in [1.807, 2.05) is 24.3 Å². The molecule has 1 aliphatic carbocycles. The molecule has 94 valence electrons. The molecule has 0 unspecified atom stereocenters. The van der Waals surface area contributed by atoms with Crippen LogP contribution in [0.25, 0.3) is 0 Å². The lowest BCUT2D eigenvalue weighted by atomic mass is 9.76. The predicted molar refractivity (Wildman–Crippen MR) is 72.4 cm³/mol. The topological polar surface area (TPSA) is 37.3 Å². The minimum absolute atomic E-state index is 0.284. The third-order valence-corrected chi connectivity index (χ3v) is 3.51. The van der Waals surface area contributed by atoms with E-state index in [0.717, 1.165) is 12.8 Å². The molecule has 0 bridgehead atoms. The Balaban J connectivity index is 2.24. The summed E-state index contributed by atoms with van der Waals surface area (Å²) < 4.78 is 0. The zero-order chi connectivity index (χ0) is 13.0. The van der Waals surface area contributed by atoms with Crippen LogP contribution in [0, 0.1) is 5.92 Å². The summed E-state index contributed by atoms with van der Waals surface area (Å²) in [6.45, 7) is 2.15. The van der Waals surface area contributed by atoms with Gasteiger partial charge in [0.1, 0.15) is 0 Å². The minimum atomic E-state index is -0.868. The fourth-order valence-corrected chi connectivity index (χ4v) is 2.57. The number of carboxylic acid groups (broad SMARTS) is 1. The van der Waals surface area contributed by atoms with Gasteiger partial charge in [-0.3, -0.25) is 0 Å². The molecule has 1 N–H and O–H groups in total. The summed E-state index contributed by atoms with van der Waals surface area (Å²) >= 11 is 0. The maximum atomic E-state index is 10.6. The molecule has 1 aromatic carbocycles. The smallest absolute Gasteiger partial charge is 0.327 e. The molecule has 0 heterocycles. The van der Waals surface area contributed by atoms with Gasteiger partial charge in [0.05, 0.1) is 0 Å². The fraction of sp³-hybridized carbons (Fsp3) is 0.312. The molecule has 1 aromatic rings. The molecule has 0 radical (unpaired) electrons. The monoisotopic (exact) mass is 242 g/mol. The predicted octanol–water partition coefficient (Wildman–Crippen LogP) is 3.77. The summed E-state index contributed by atoms with van der Waals surface area (Å²) in [6.07, 6.45) is 7.27. The summed E-state index contributed by atoms with van der Waals surface area (Å²) in [5.74, 6) is -0.188. The second-order valence-corrected chi connectivity index (χ2v) is 4.87. The Labute approximate surface area is 108 Å². The van der Waals surface area contributed by atoms with E-state index < -0.39 is 5.97 Å². The molecule has 0 aromatic heterocycles. The van der Waals surface area contributed by atoms with Gasteiger partial charge in [-0.15, -0.1) is 0 Å². The first kappa shape index (κ1) is 12.6. The molecule has 0 aliphatic heterocycles. The maximum absolute atomic E-state index is 10.6. The van der Waals surface area contributed by atoms with Crippen molar-refractivity contribution in [1.29, 1.82) is 0 Å². The molecule has 0 spiro atoms. The zero-order valence-electron chi connectivity index (χ0n) is 10.5. The highest BCUT2D eigenvalue weighted by Crippen LogP contribution is 2.38. The molecular weight excluding hydrogens is 224 g/mol. The van der Waals surface area contributed by atoms with Gasteiger partial charge in [0.2, 0.25) is 0 Å². The van der Waals surface area contributed by atoms with E-state index in [1.54, 1.807) is 0 Å². The Morgan fingerprint density at radius 3 is 2.72 bits per heavy atom. The summed E-state index contributed by atoms with van der Waals surface area (Å²) in [5.41, 5.74) is 2.69. The van der Waals surface area contributed by atoms with Crippen LogP contribution in [0.2, 0.25) is 0 Å². The lowest BCUT2D eigenvalue weighted by Crippen LogP contribution is -2.15. The van der Waals surface area contributed by atoms with Crippen molar-refractivity contribution in [2.75, 3.05) is 0 Å². The van der Waals surface area contributed by atoms with Crippen molar-refractivity contribution in [3.63, 3.8) is 0 Å². The standard InChI is InChI=1S/C16H18O2/c1-12-7-8-14(9-10-16(17)18)15(11-12)13-5-3-2-4-6-13/h2-7,9-10,14-15H,8,11H2,1H3,(H,17,18)/b10-9+/t14-,15-/m0/s1. The van der Waals surface area contributed by atoms with Gasteiger partial charge in [0.15, 0.2) is 0 Å². The highest BCUT2D eigenvalue weighted by molar-refractivity contribution is 5.79. The first-order chi connectivity index (χ1) is 8.66. The lowest BCUT2D eigenvalue weighted by Gasteiger charge is -2.29. The number of allylic oxidation sites excluding steroid dienone is 3. The van der Waals surface area contributed by atoms with Crippen LogP contribution >= 0.6 is 0 Å². The molecule has 2 atom stereocenters. The number of rotatable bonds is 3. The molecule has 18 heavy (non-hydrogen) atoms. The number of hydrogen-bond donors (Lipinski definition) is 1. The van der Waals surface area contributed by atoms with E-state index in [9.17, 15) is 4.79 Å². The van der Waals surface area contributed by atoms with Crippen LogP contribution in [-0.2, 0) is 4.79 Å². The lowest BCUT2D eigenvalue weighted by molar-refractivity contribution is -0.131. The highest BCUT2D eigenvalue weighted by Gasteiger charge is 2.24. The van der Waals surface area contributed by atoms with Crippen molar-refractivity contribution in [3.8, 4) is 0 Å². The van der Waals surface area contributed by atoms with Crippen molar-refractivity contribution < 1.29 is 9.90 Å². The van der Waals surface area contributed by atoms with Crippen LogP contribution in [0.4, 0.5) is 0 Å². The normalized spacial score (nSPS) is 23.9. The van der Waals surface area contributed by atoms with Gasteiger partial charge in [-0.25, -0.2) is 4.79 Å². The van der Waals surface area contributed by atoms with Crippen molar-refractivity contribution in [3.05, 3.63) is 59.7 Å². The molecule has 2 rings (SSSR count). The average Bonchev–Trinajstić information content (AvgIpc) is 2.38. The first-order valence-electron chi connectivity index (χ1n) is 6.28. The van der Waals surface area contributed by atoms with Gasteiger partial charge in [0, 0.05) is 6.08 Å². The van der Waals surface area contributed by atoms with Gasteiger partial charge in [0.25, 0.3) is 0 Å². The molecule has 2 heteroatoms. The van der Waals surface area contributed by atoms with Crippen LogP contribution in [0.15, 0.2) is 54.1 Å². The SMILES string of the molecule is CC1=CC[C@@H](/C=C/C(=O)O)[C@H](c2ccccc2)C1. The molecule has 0 saturated carbocycles. The summed E-state index contributed by atoms with van der Waals surface area (Å²) in [6, 6.07) is 10.4. The molecule has 1 aliphatic rings. The van der Waals surface area contributed by atoms with Crippen LogP contribution in [0.5, 0.6) is 0 Å². The Morgan fingerprint density at radius 1 is 1.33 bits per heavy atom. The summed E-state index contributed by atoms with van der Waals surface area (Å²) in [4.78, 5) is 10.6. The van der Waals surface area contributed by atoms with E-state index in [1.165, 1.54) is 17.2 Å².